The number of rotatable bonds is 3. The van der Waals surface area contributed by atoms with Gasteiger partial charge in [0.25, 0.3) is 5.56 Å². The Morgan fingerprint density at radius 3 is 2.20 bits per heavy atom. The van der Waals surface area contributed by atoms with Crippen molar-refractivity contribution in [2.45, 2.75) is 6.92 Å². The predicted octanol–water partition coefficient (Wildman–Crippen LogP) is 4.76. The first kappa shape index (κ1) is 20.8. The molecule has 168 valence electrons. The fraction of sp³-hybridized carbons (Fsp3) is 0.0333. The first-order valence-electron chi connectivity index (χ1n) is 11.3. The van der Waals surface area contributed by atoms with Crippen molar-refractivity contribution in [3.05, 3.63) is 138 Å². The van der Waals surface area contributed by atoms with Crippen LogP contribution in [0.2, 0.25) is 0 Å². The minimum absolute atomic E-state index is 0.0948. The van der Waals surface area contributed by atoms with E-state index in [1.807, 2.05) is 49.4 Å². The SMILES string of the molecule is Cc1ccc(Nc2ccc3nc(=O)/c(=C(\O)c4ccccc4)c4c5ccccc5c(=O)c2c3=4)cc1. The molecule has 0 fully saturated rings. The molecule has 1 heterocycles. The van der Waals surface area contributed by atoms with E-state index in [-0.39, 0.29) is 16.4 Å². The molecule has 6 rings (SSSR count). The highest BCUT2D eigenvalue weighted by molar-refractivity contribution is 5.96. The highest BCUT2D eigenvalue weighted by Gasteiger charge is 2.18. The number of anilines is 2. The molecule has 1 aliphatic heterocycles. The first-order valence-corrected chi connectivity index (χ1v) is 11.3. The molecule has 0 unspecified atom stereocenters. The van der Waals surface area contributed by atoms with Crippen LogP contribution in [0.1, 0.15) is 11.1 Å². The van der Waals surface area contributed by atoms with Gasteiger partial charge in [0, 0.05) is 27.1 Å². The number of aryl methyl sites for hydroxylation is 1. The summed E-state index contributed by atoms with van der Waals surface area (Å²) in [5, 5.41) is 17.3. The van der Waals surface area contributed by atoms with Crippen LogP contribution in [-0.2, 0) is 0 Å². The maximum Gasteiger partial charge on any atom is 0.281 e. The zero-order valence-electron chi connectivity index (χ0n) is 18.9. The van der Waals surface area contributed by atoms with Gasteiger partial charge in [0.1, 0.15) is 5.76 Å². The number of aliphatic hydroxyl groups is 1. The molecular weight excluding hydrogens is 436 g/mol. The summed E-state index contributed by atoms with van der Waals surface area (Å²) in [5.41, 5.74) is 2.82. The number of aromatic nitrogens is 1. The van der Waals surface area contributed by atoms with Gasteiger partial charge in [-0.1, -0.05) is 72.3 Å². The van der Waals surface area contributed by atoms with Crippen molar-refractivity contribution < 1.29 is 5.11 Å². The van der Waals surface area contributed by atoms with Crippen LogP contribution in [0.5, 0.6) is 0 Å². The Morgan fingerprint density at radius 1 is 0.771 bits per heavy atom. The van der Waals surface area contributed by atoms with E-state index >= 15 is 0 Å². The smallest absolute Gasteiger partial charge is 0.281 e. The largest absolute Gasteiger partial charge is 0.506 e. The van der Waals surface area contributed by atoms with Crippen molar-refractivity contribution in [2.24, 2.45) is 0 Å². The molecule has 35 heavy (non-hydrogen) atoms. The molecule has 0 saturated heterocycles. The molecule has 4 aromatic rings. The van der Waals surface area contributed by atoms with E-state index in [2.05, 4.69) is 10.3 Å². The van der Waals surface area contributed by atoms with Crippen LogP contribution in [0.15, 0.2) is 101 Å². The topological polar surface area (TPSA) is 79.3 Å². The molecular formula is C30H20N2O3. The van der Waals surface area contributed by atoms with Gasteiger partial charge in [-0.2, -0.15) is 0 Å². The van der Waals surface area contributed by atoms with Crippen molar-refractivity contribution in [1.29, 1.82) is 0 Å². The normalized spacial score (nSPS) is 12.4. The third-order valence-electron chi connectivity index (χ3n) is 6.40. The van der Waals surface area contributed by atoms with Gasteiger partial charge in [0.15, 0.2) is 5.43 Å². The highest BCUT2D eigenvalue weighted by atomic mass is 16.3. The number of hydrogen-bond donors (Lipinski definition) is 2. The van der Waals surface area contributed by atoms with E-state index in [9.17, 15) is 14.7 Å². The van der Waals surface area contributed by atoms with Gasteiger partial charge in [-0.3, -0.25) is 9.59 Å². The summed E-state index contributed by atoms with van der Waals surface area (Å²) in [6, 6.07) is 27.5. The Morgan fingerprint density at radius 2 is 1.46 bits per heavy atom. The number of benzene rings is 4. The third-order valence-corrected chi connectivity index (χ3v) is 6.40. The molecule has 0 atom stereocenters. The van der Waals surface area contributed by atoms with Gasteiger partial charge in [-0.25, -0.2) is 4.98 Å². The van der Waals surface area contributed by atoms with E-state index in [0.29, 0.717) is 43.4 Å². The lowest BCUT2D eigenvalue weighted by atomic mass is 9.96. The molecule has 4 aromatic carbocycles. The number of aliphatic hydroxyl groups excluding tert-OH is 1. The molecule has 0 amide bonds. The average Bonchev–Trinajstić information content (AvgIpc) is 2.89. The Hall–Kier alpha value is -4.77. The van der Waals surface area contributed by atoms with Crippen LogP contribution >= 0.6 is 0 Å². The molecule has 1 aliphatic carbocycles. The molecule has 0 aromatic heterocycles. The van der Waals surface area contributed by atoms with Crippen LogP contribution < -0.4 is 21.5 Å². The maximum absolute atomic E-state index is 13.8. The van der Waals surface area contributed by atoms with Crippen molar-refractivity contribution in [2.75, 3.05) is 5.32 Å². The third kappa shape index (κ3) is 3.28. The van der Waals surface area contributed by atoms with Gasteiger partial charge < -0.3 is 10.4 Å². The Labute approximate surface area is 199 Å². The minimum Gasteiger partial charge on any atom is -0.506 e. The Bertz CT molecular complexity index is 1970. The Balaban J connectivity index is 1.86. The van der Waals surface area contributed by atoms with Crippen LogP contribution in [0.4, 0.5) is 11.4 Å². The lowest BCUT2D eigenvalue weighted by Crippen LogP contribution is -2.33. The molecule has 0 radical (unpaired) electrons. The van der Waals surface area contributed by atoms with Gasteiger partial charge >= 0.3 is 0 Å². The maximum atomic E-state index is 13.8. The number of hydrogen-bond acceptors (Lipinski definition) is 5. The van der Waals surface area contributed by atoms with E-state index in [1.54, 1.807) is 48.5 Å². The summed E-state index contributed by atoms with van der Waals surface area (Å²) in [6.45, 7) is 2.01. The second-order valence-corrected chi connectivity index (χ2v) is 8.63. The fourth-order valence-electron chi connectivity index (χ4n) is 4.73. The monoisotopic (exact) mass is 456 g/mol. The summed E-state index contributed by atoms with van der Waals surface area (Å²) < 4.78 is 0. The van der Waals surface area contributed by atoms with Crippen molar-refractivity contribution in [1.82, 2.24) is 4.98 Å². The number of nitrogens with zero attached hydrogens (tertiary/aromatic N) is 1. The van der Waals surface area contributed by atoms with E-state index in [0.717, 1.165) is 11.3 Å². The predicted molar refractivity (Wildman–Crippen MR) is 140 cm³/mol. The number of nitrogens with one attached hydrogen (secondary N) is 1. The molecule has 0 bridgehead atoms. The summed E-state index contributed by atoms with van der Waals surface area (Å²) in [7, 11) is 0. The van der Waals surface area contributed by atoms with E-state index in [1.165, 1.54) is 0 Å². The summed E-state index contributed by atoms with van der Waals surface area (Å²) in [6.07, 6.45) is 0. The van der Waals surface area contributed by atoms with Gasteiger partial charge in [0.2, 0.25) is 0 Å². The molecule has 2 aliphatic rings. The fourth-order valence-corrected chi connectivity index (χ4v) is 4.73. The lowest BCUT2D eigenvalue weighted by Gasteiger charge is -2.13. The molecule has 0 spiro atoms. The van der Waals surface area contributed by atoms with Crippen LogP contribution in [-0.4, -0.2) is 10.1 Å². The second-order valence-electron chi connectivity index (χ2n) is 8.63. The second kappa shape index (κ2) is 7.92. The number of fused-ring (bicyclic) bond motifs is 2. The first-order chi connectivity index (χ1) is 17.0. The minimum atomic E-state index is -0.539. The molecule has 5 heteroatoms. The van der Waals surface area contributed by atoms with Gasteiger partial charge in [0.05, 0.1) is 21.8 Å². The van der Waals surface area contributed by atoms with Crippen LogP contribution in [0.25, 0.3) is 27.4 Å². The van der Waals surface area contributed by atoms with Crippen molar-refractivity contribution in [3.8, 4) is 0 Å². The highest BCUT2D eigenvalue weighted by Crippen LogP contribution is 2.27. The summed E-state index contributed by atoms with van der Waals surface area (Å²) >= 11 is 0. The Kier molecular flexibility index (Phi) is 4.71. The van der Waals surface area contributed by atoms with Crippen molar-refractivity contribution >= 4 is 38.8 Å². The lowest BCUT2D eigenvalue weighted by molar-refractivity contribution is 0.506. The zero-order chi connectivity index (χ0) is 24.1. The molecule has 5 nitrogen and oxygen atoms in total. The van der Waals surface area contributed by atoms with Crippen LogP contribution in [0, 0.1) is 17.4 Å². The molecule has 0 saturated carbocycles. The zero-order valence-corrected chi connectivity index (χ0v) is 18.9. The van der Waals surface area contributed by atoms with E-state index < -0.39 is 5.56 Å². The van der Waals surface area contributed by atoms with E-state index in [4.69, 9.17) is 0 Å². The summed E-state index contributed by atoms with van der Waals surface area (Å²) in [5.74, 6) is -0.160. The quantitative estimate of drug-likeness (QED) is 0.402. The summed E-state index contributed by atoms with van der Waals surface area (Å²) in [4.78, 5) is 31.3. The van der Waals surface area contributed by atoms with Crippen LogP contribution in [0.3, 0.4) is 0 Å². The van der Waals surface area contributed by atoms with Crippen molar-refractivity contribution in [3.63, 3.8) is 0 Å². The average molecular weight is 457 g/mol. The van der Waals surface area contributed by atoms with Gasteiger partial charge in [-0.05, 0) is 36.6 Å². The standard InChI is InChI=1S/C30H20N2O3/c1-17-11-13-19(14-12-17)31-23-16-15-22-25-24(20-9-5-6-10-21(20)29(34)26(23)25)27(30(35)32-22)28(33)18-7-3-2-4-8-18/h2-16,31,33H,1H3/b28-27-. The molecule has 2 N–H and O–H groups in total. The van der Waals surface area contributed by atoms with Gasteiger partial charge in [-0.15, -0.1) is 0 Å².